The Labute approximate surface area is 81.1 Å². The Hall–Kier alpha value is -0.720. The first-order valence-corrected chi connectivity index (χ1v) is 5.31. The standard InChI is InChI=1S/C12H19O/c1-3-5-7-11(4-2)10-12-8-6-9-13-12/h6,8,11H,3-5,7,10H2,1-2H3. The minimum absolute atomic E-state index is 0.791. The SMILES string of the molecule is CCCCC(CC)Cc1cc[c]o1. The van der Waals surface area contributed by atoms with Crippen molar-refractivity contribution in [2.45, 2.75) is 46.0 Å². The highest BCUT2D eigenvalue weighted by Gasteiger charge is 2.08. The van der Waals surface area contributed by atoms with E-state index in [0.29, 0.717) is 0 Å². The number of hydrogen-bond acceptors (Lipinski definition) is 1. The molecule has 1 rings (SSSR count). The average Bonchev–Trinajstić information content (AvgIpc) is 2.64. The second-order valence-electron chi connectivity index (χ2n) is 3.64. The van der Waals surface area contributed by atoms with Crippen molar-refractivity contribution in [1.29, 1.82) is 0 Å². The quantitative estimate of drug-likeness (QED) is 0.646. The van der Waals surface area contributed by atoms with Crippen LogP contribution in [-0.4, -0.2) is 0 Å². The molecule has 0 spiro atoms. The van der Waals surface area contributed by atoms with Gasteiger partial charge in [-0.3, -0.25) is 0 Å². The van der Waals surface area contributed by atoms with E-state index >= 15 is 0 Å². The molecule has 1 nitrogen and oxygen atoms in total. The molecule has 1 aromatic rings. The molecule has 0 saturated carbocycles. The summed E-state index contributed by atoms with van der Waals surface area (Å²) in [6.07, 6.45) is 9.03. The Kier molecular flexibility index (Phi) is 4.66. The van der Waals surface area contributed by atoms with Gasteiger partial charge in [0.2, 0.25) is 0 Å². The van der Waals surface area contributed by atoms with Crippen LogP contribution in [0.5, 0.6) is 0 Å². The molecule has 0 fully saturated rings. The number of unbranched alkanes of at least 4 members (excludes halogenated alkanes) is 1. The smallest absolute Gasteiger partial charge is 0.169 e. The van der Waals surface area contributed by atoms with E-state index in [4.69, 9.17) is 4.42 Å². The van der Waals surface area contributed by atoms with Crippen molar-refractivity contribution in [2.24, 2.45) is 5.92 Å². The largest absolute Gasteiger partial charge is 0.458 e. The minimum atomic E-state index is 0.791. The Morgan fingerprint density at radius 3 is 2.85 bits per heavy atom. The lowest BCUT2D eigenvalue weighted by Gasteiger charge is -2.11. The average molecular weight is 179 g/mol. The summed E-state index contributed by atoms with van der Waals surface area (Å²) < 4.78 is 5.22. The molecule has 13 heavy (non-hydrogen) atoms. The van der Waals surface area contributed by atoms with E-state index in [1.165, 1.54) is 25.7 Å². The molecule has 1 unspecified atom stereocenters. The molecular formula is C12H19O. The van der Waals surface area contributed by atoms with Crippen molar-refractivity contribution >= 4 is 0 Å². The van der Waals surface area contributed by atoms with Crippen LogP contribution in [0.25, 0.3) is 0 Å². The third-order valence-electron chi connectivity index (χ3n) is 2.56. The summed E-state index contributed by atoms with van der Waals surface area (Å²) in [5, 5.41) is 0. The predicted molar refractivity (Wildman–Crippen MR) is 54.6 cm³/mol. The maximum Gasteiger partial charge on any atom is 0.169 e. The van der Waals surface area contributed by atoms with Crippen LogP contribution in [0.1, 0.15) is 45.3 Å². The van der Waals surface area contributed by atoms with Gasteiger partial charge in [-0.25, -0.2) is 0 Å². The molecule has 1 heteroatoms. The van der Waals surface area contributed by atoms with Gasteiger partial charge in [0, 0.05) is 6.42 Å². The van der Waals surface area contributed by atoms with E-state index in [1.807, 2.05) is 12.1 Å². The van der Waals surface area contributed by atoms with Gasteiger partial charge in [0.05, 0.1) is 0 Å². The summed E-state index contributed by atoms with van der Waals surface area (Å²) in [6.45, 7) is 4.50. The molecule has 0 bridgehead atoms. The van der Waals surface area contributed by atoms with Crippen LogP contribution in [-0.2, 0) is 6.42 Å². The summed E-state index contributed by atoms with van der Waals surface area (Å²) in [4.78, 5) is 0. The first-order valence-electron chi connectivity index (χ1n) is 5.31. The molecule has 1 atom stereocenters. The van der Waals surface area contributed by atoms with Crippen LogP contribution in [0.2, 0.25) is 0 Å². The first-order chi connectivity index (χ1) is 6.36. The van der Waals surface area contributed by atoms with Crippen LogP contribution in [0.4, 0.5) is 0 Å². The van der Waals surface area contributed by atoms with Gasteiger partial charge in [0.25, 0.3) is 0 Å². The van der Waals surface area contributed by atoms with E-state index in [9.17, 15) is 0 Å². The Bertz CT molecular complexity index is 201. The van der Waals surface area contributed by atoms with Crippen molar-refractivity contribution in [1.82, 2.24) is 0 Å². The molecule has 1 aromatic heterocycles. The van der Waals surface area contributed by atoms with Gasteiger partial charge in [0.15, 0.2) is 6.26 Å². The predicted octanol–water partition coefficient (Wildman–Crippen LogP) is 3.84. The van der Waals surface area contributed by atoms with Gasteiger partial charge in [-0.05, 0) is 18.1 Å². The summed E-state index contributed by atoms with van der Waals surface area (Å²) >= 11 is 0. The number of furan rings is 1. The molecule has 1 heterocycles. The third-order valence-corrected chi connectivity index (χ3v) is 2.56. The van der Waals surface area contributed by atoms with E-state index in [-0.39, 0.29) is 0 Å². The summed E-state index contributed by atoms with van der Waals surface area (Å²) in [5.74, 6) is 1.88. The second kappa shape index (κ2) is 5.85. The van der Waals surface area contributed by atoms with Gasteiger partial charge in [-0.2, -0.15) is 0 Å². The summed E-state index contributed by atoms with van der Waals surface area (Å²) in [7, 11) is 0. The number of rotatable bonds is 6. The molecule has 0 aliphatic rings. The minimum Gasteiger partial charge on any atom is -0.458 e. The van der Waals surface area contributed by atoms with Crippen molar-refractivity contribution in [3.05, 3.63) is 24.2 Å². The molecule has 0 aliphatic carbocycles. The normalized spacial score (nSPS) is 13.1. The van der Waals surface area contributed by atoms with Gasteiger partial charge < -0.3 is 4.42 Å². The lowest BCUT2D eigenvalue weighted by molar-refractivity contribution is 0.397. The molecule has 73 valence electrons. The number of hydrogen-bond donors (Lipinski definition) is 0. The zero-order chi connectivity index (χ0) is 9.52. The second-order valence-corrected chi connectivity index (χ2v) is 3.64. The first kappa shape index (κ1) is 10.4. The maximum absolute atomic E-state index is 5.22. The van der Waals surface area contributed by atoms with Gasteiger partial charge in [0.1, 0.15) is 5.76 Å². The van der Waals surface area contributed by atoms with Gasteiger partial charge in [-0.1, -0.05) is 39.5 Å². The Morgan fingerprint density at radius 1 is 1.46 bits per heavy atom. The molecule has 0 N–H and O–H groups in total. The monoisotopic (exact) mass is 179 g/mol. The highest BCUT2D eigenvalue weighted by Crippen LogP contribution is 2.18. The Morgan fingerprint density at radius 2 is 2.31 bits per heavy atom. The van der Waals surface area contributed by atoms with Crippen molar-refractivity contribution in [3.63, 3.8) is 0 Å². The highest BCUT2D eigenvalue weighted by atomic mass is 16.3. The Balaban J connectivity index is 2.31. The van der Waals surface area contributed by atoms with E-state index < -0.39 is 0 Å². The molecular weight excluding hydrogens is 160 g/mol. The van der Waals surface area contributed by atoms with Crippen molar-refractivity contribution in [3.8, 4) is 0 Å². The van der Waals surface area contributed by atoms with Gasteiger partial charge in [-0.15, -0.1) is 0 Å². The maximum atomic E-state index is 5.22. The zero-order valence-electron chi connectivity index (χ0n) is 8.68. The topological polar surface area (TPSA) is 13.1 Å². The lowest BCUT2D eigenvalue weighted by atomic mass is 9.95. The van der Waals surface area contributed by atoms with E-state index in [0.717, 1.165) is 18.1 Å². The van der Waals surface area contributed by atoms with E-state index in [2.05, 4.69) is 20.1 Å². The van der Waals surface area contributed by atoms with Crippen LogP contribution in [0.3, 0.4) is 0 Å². The van der Waals surface area contributed by atoms with Crippen molar-refractivity contribution < 1.29 is 4.42 Å². The fourth-order valence-corrected chi connectivity index (χ4v) is 1.61. The molecule has 1 radical (unpaired) electrons. The van der Waals surface area contributed by atoms with Crippen molar-refractivity contribution in [2.75, 3.05) is 0 Å². The third kappa shape index (κ3) is 3.67. The zero-order valence-corrected chi connectivity index (χ0v) is 8.68. The molecule has 0 aromatic carbocycles. The van der Waals surface area contributed by atoms with Crippen LogP contribution < -0.4 is 0 Å². The summed E-state index contributed by atoms with van der Waals surface area (Å²) in [6, 6.07) is 3.87. The molecule has 0 saturated heterocycles. The summed E-state index contributed by atoms with van der Waals surface area (Å²) in [5.41, 5.74) is 0. The highest BCUT2D eigenvalue weighted by molar-refractivity contribution is 4.98. The van der Waals surface area contributed by atoms with Crippen LogP contribution in [0.15, 0.2) is 16.5 Å². The fourth-order valence-electron chi connectivity index (χ4n) is 1.61. The van der Waals surface area contributed by atoms with E-state index in [1.54, 1.807) is 0 Å². The molecule has 0 amide bonds. The lowest BCUT2D eigenvalue weighted by Crippen LogP contribution is -2.02. The van der Waals surface area contributed by atoms with Crippen LogP contribution in [0, 0.1) is 12.2 Å². The fraction of sp³-hybridized carbons (Fsp3) is 0.667. The van der Waals surface area contributed by atoms with Crippen LogP contribution >= 0.6 is 0 Å². The molecule has 0 aliphatic heterocycles. The van der Waals surface area contributed by atoms with Gasteiger partial charge >= 0.3 is 0 Å².